The molecule has 1 aromatic heterocycles. The number of nitriles is 1. The maximum absolute atomic E-state index is 11.9. The molecule has 0 aliphatic rings. The Hall–Kier alpha value is -3.57. The smallest absolute Gasteiger partial charge is 0.420 e. The topological polar surface area (TPSA) is 114 Å². The van der Waals surface area contributed by atoms with Crippen molar-refractivity contribution in [2.75, 3.05) is 11.9 Å². The van der Waals surface area contributed by atoms with E-state index in [0.29, 0.717) is 16.8 Å². The van der Waals surface area contributed by atoms with E-state index in [1.165, 1.54) is 18.2 Å². The minimum Gasteiger partial charge on any atom is -0.454 e. The summed E-state index contributed by atoms with van der Waals surface area (Å²) < 4.78 is 11.0. The van der Waals surface area contributed by atoms with Gasteiger partial charge in [0.25, 0.3) is 5.91 Å². The van der Waals surface area contributed by atoms with Gasteiger partial charge in [-0.05, 0) is 30.3 Å². The zero-order chi connectivity index (χ0) is 19.4. The number of carbonyl (C=O) groups is 2. The van der Waals surface area contributed by atoms with Gasteiger partial charge in [0.05, 0.1) is 16.1 Å². The highest BCUT2D eigenvalue weighted by Gasteiger charge is 2.14. The molecule has 136 valence electrons. The maximum Gasteiger partial charge on any atom is 0.420 e. The van der Waals surface area contributed by atoms with Crippen LogP contribution in [-0.2, 0) is 20.9 Å². The number of oxazole rings is 1. The number of nitrogens with one attached hydrogen (secondary N) is 1. The van der Waals surface area contributed by atoms with Gasteiger partial charge in [-0.15, -0.1) is 0 Å². The molecule has 0 saturated carbocycles. The van der Waals surface area contributed by atoms with Crippen molar-refractivity contribution in [3.05, 3.63) is 63.6 Å². The second kappa shape index (κ2) is 7.76. The quantitative estimate of drug-likeness (QED) is 0.674. The van der Waals surface area contributed by atoms with Crippen LogP contribution < -0.4 is 11.1 Å². The van der Waals surface area contributed by atoms with Crippen LogP contribution in [0, 0.1) is 11.3 Å². The number of fused-ring (bicyclic) bond motifs is 1. The van der Waals surface area contributed by atoms with E-state index in [-0.39, 0.29) is 17.1 Å². The Bertz CT molecular complexity index is 1130. The number of anilines is 1. The van der Waals surface area contributed by atoms with E-state index >= 15 is 0 Å². The van der Waals surface area contributed by atoms with Crippen molar-refractivity contribution >= 4 is 40.3 Å². The lowest BCUT2D eigenvalue weighted by Gasteiger charge is -2.07. The Morgan fingerprint density at radius 2 is 2.04 bits per heavy atom. The number of amides is 1. The summed E-state index contributed by atoms with van der Waals surface area (Å²) >= 11 is 5.88. The van der Waals surface area contributed by atoms with Crippen LogP contribution in [0.2, 0.25) is 5.02 Å². The Morgan fingerprint density at radius 1 is 1.26 bits per heavy atom. The molecule has 0 radical (unpaired) electrons. The lowest BCUT2D eigenvalue weighted by atomic mass is 10.2. The number of hydrogen-bond donors (Lipinski definition) is 1. The van der Waals surface area contributed by atoms with Crippen molar-refractivity contribution < 1.29 is 18.7 Å². The Labute approximate surface area is 157 Å². The zero-order valence-electron chi connectivity index (χ0n) is 13.8. The highest BCUT2D eigenvalue weighted by atomic mass is 35.5. The van der Waals surface area contributed by atoms with Gasteiger partial charge in [0.15, 0.2) is 12.2 Å². The molecule has 0 saturated heterocycles. The molecular formula is C18H12ClN3O5. The molecule has 0 bridgehead atoms. The van der Waals surface area contributed by atoms with Crippen LogP contribution in [0.5, 0.6) is 0 Å². The van der Waals surface area contributed by atoms with Gasteiger partial charge in [-0.3, -0.25) is 14.2 Å². The molecule has 3 rings (SSSR count). The van der Waals surface area contributed by atoms with E-state index in [1.54, 1.807) is 24.3 Å². The van der Waals surface area contributed by atoms with Crippen LogP contribution >= 0.6 is 11.6 Å². The lowest BCUT2D eigenvalue weighted by Crippen LogP contribution is -2.25. The van der Waals surface area contributed by atoms with Crippen LogP contribution in [0.25, 0.3) is 11.1 Å². The minimum absolute atomic E-state index is 0.193. The van der Waals surface area contributed by atoms with Crippen LogP contribution in [0.15, 0.2) is 51.7 Å². The van der Waals surface area contributed by atoms with Gasteiger partial charge in [-0.1, -0.05) is 23.7 Å². The van der Waals surface area contributed by atoms with Crippen LogP contribution in [0.1, 0.15) is 5.56 Å². The third-order valence-electron chi connectivity index (χ3n) is 3.60. The van der Waals surface area contributed by atoms with E-state index in [2.05, 4.69) is 5.32 Å². The lowest BCUT2D eigenvalue weighted by molar-refractivity contribution is -0.147. The number of carbonyl (C=O) groups excluding carboxylic acids is 2. The minimum atomic E-state index is -0.767. The summed E-state index contributed by atoms with van der Waals surface area (Å²) in [7, 11) is 0. The normalized spacial score (nSPS) is 10.4. The number of benzene rings is 2. The molecule has 9 heteroatoms. The van der Waals surface area contributed by atoms with Gasteiger partial charge < -0.3 is 14.5 Å². The Morgan fingerprint density at radius 3 is 2.78 bits per heavy atom. The monoisotopic (exact) mass is 385 g/mol. The largest absolute Gasteiger partial charge is 0.454 e. The third-order valence-corrected chi connectivity index (χ3v) is 3.91. The summed E-state index contributed by atoms with van der Waals surface area (Å²) in [6, 6.07) is 12.9. The molecule has 27 heavy (non-hydrogen) atoms. The molecule has 0 atom stereocenters. The van der Waals surface area contributed by atoms with Crippen molar-refractivity contribution in [2.45, 2.75) is 6.54 Å². The van der Waals surface area contributed by atoms with Crippen LogP contribution in [0.4, 0.5) is 5.69 Å². The number of ether oxygens (including phenoxy) is 1. The fourth-order valence-electron chi connectivity index (χ4n) is 2.37. The number of hydrogen-bond acceptors (Lipinski definition) is 6. The number of para-hydroxylation sites is 2. The molecule has 0 unspecified atom stereocenters. The highest BCUT2D eigenvalue weighted by molar-refractivity contribution is 6.32. The Kier molecular flexibility index (Phi) is 5.24. The van der Waals surface area contributed by atoms with E-state index in [1.807, 2.05) is 6.07 Å². The van der Waals surface area contributed by atoms with Crippen molar-refractivity contribution in [3.63, 3.8) is 0 Å². The average molecular weight is 386 g/mol. The molecule has 0 aliphatic heterocycles. The van der Waals surface area contributed by atoms with Crippen LogP contribution in [-0.4, -0.2) is 23.1 Å². The second-order valence-electron chi connectivity index (χ2n) is 5.44. The molecule has 3 aromatic rings. The van der Waals surface area contributed by atoms with E-state index < -0.39 is 24.2 Å². The van der Waals surface area contributed by atoms with E-state index in [4.69, 9.17) is 26.0 Å². The summed E-state index contributed by atoms with van der Waals surface area (Å²) in [6.07, 6.45) is 0. The number of esters is 1. The molecule has 0 aliphatic carbocycles. The molecule has 0 spiro atoms. The summed E-state index contributed by atoms with van der Waals surface area (Å²) in [6.45, 7) is -0.924. The summed E-state index contributed by atoms with van der Waals surface area (Å²) in [5, 5.41) is 11.5. The SMILES string of the molecule is N#Cc1ccc(NC(=O)COC(=O)Cn2c(=O)oc3ccccc32)cc1Cl. The first-order valence-corrected chi connectivity index (χ1v) is 8.09. The molecule has 1 heterocycles. The van der Waals surface area contributed by atoms with Gasteiger partial charge in [0, 0.05) is 5.69 Å². The Balaban J connectivity index is 1.58. The average Bonchev–Trinajstić information content (AvgIpc) is 2.96. The molecule has 0 fully saturated rings. The van der Waals surface area contributed by atoms with Crippen LogP contribution in [0.3, 0.4) is 0 Å². The third kappa shape index (κ3) is 4.16. The standard InChI is InChI=1S/C18H12ClN3O5/c19-13-7-12(6-5-11(13)8-20)21-16(23)10-26-17(24)9-22-14-3-1-2-4-15(14)27-18(22)25/h1-7H,9-10H2,(H,21,23). The number of nitrogens with zero attached hydrogens (tertiary/aromatic N) is 2. The predicted molar refractivity (Wildman–Crippen MR) is 96.2 cm³/mol. The second-order valence-corrected chi connectivity index (χ2v) is 5.84. The van der Waals surface area contributed by atoms with Crippen molar-refractivity contribution in [2.24, 2.45) is 0 Å². The first-order chi connectivity index (χ1) is 13.0. The molecule has 1 N–H and O–H groups in total. The summed E-state index contributed by atoms with van der Waals surface area (Å²) in [5.74, 6) is -2.05. The number of aromatic nitrogens is 1. The van der Waals surface area contributed by atoms with Gasteiger partial charge in [-0.25, -0.2) is 4.79 Å². The maximum atomic E-state index is 11.9. The van der Waals surface area contributed by atoms with E-state index in [0.717, 1.165) is 4.57 Å². The van der Waals surface area contributed by atoms with Crippen molar-refractivity contribution in [3.8, 4) is 6.07 Å². The summed E-state index contributed by atoms with van der Waals surface area (Å²) in [4.78, 5) is 35.6. The molecule has 2 aromatic carbocycles. The number of halogens is 1. The van der Waals surface area contributed by atoms with Gasteiger partial charge in [-0.2, -0.15) is 5.26 Å². The first kappa shape index (κ1) is 18.2. The van der Waals surface area contributed by atoms with E-state index in [9.17, 15) is 14.4 Å². The molecule has 1 amide bonds. The fourth-order valence-corrected chi connectivity index (χ4v) is 2.59. The van der Waals surface area contributed by atoms with Crippen molar-refractivity contribution in [1.82, 2.24) is 4.57 Å². The molecular weight excluding hydrogens is 374 g/mol. The van der Waals surface area contributed by atoms with Gasteiger partial charge in [0.1, 0.15) is 12.6 Å². The predicted octanol–water partition coefficient (Wildman–Crippen LogP) is 2.30. The first-order valence-electron chi connectivity index (χ1n) is 7.71. The molecule has 8 nitrogen and oxygen atoms in total. The zero-order valence-corrected chi connectivity index (χ0v) is 14.5. The van der Waals surface area contributed by atoms with Gasteiger partial charge in [0.2, 0.25) is 0 Å². The summed E-state index contributed by atoms with van der Waals surface area (Å²) in [5.41, 5.74) is 1.44. The number of rotatable bonds is 5. The highest BCUT2D eigenvalue weighted by Crippen LogP contribution is 2.20. The van der Waals surface area contributed by atoms with Crippen molar-refractivity contribution in [1.29, 1.82) is 5.26 Å². The fraction of sp³-hybridized carbons (Fsp3) is 0.111. The van der Waals surface area contributed by atoms with Gasteiger partial charge >= 0.3 is 11.7 Å².